The van der Waals surface area contributed by atoms with Crippen molar-refractivity contribution in [2.24, 2.45) is 0 Å². The van der Waals surface area contributed by atoms with Gasteiger partial charge in [0.15, 0.2) is 5.82 Å². The van der Waals surface area contributed by atoms with Crippen LogP contribution in [0.25, 0.3) is 21.9 Å². The first-order chi connectivity index (χ1) is 13.6. The van der Waals surface area contributed by atoms with E-state index in [0.717, 1.165) is 42.0 Å². The number of piperazine rings is 1. The number of benzene rings is 2. The molecule has 5 heteroatoms. The van der Waals surface area contributed by atoms with Gasteiger partial charge in [-0.05, 0) is 50.1 Å². The van der Waals surface area contributed by atoms with Gasteiger partial charge in [0.25, 0.3) is 0 Å². The highest BCUT2D eigenvalue weighted by Gasteiger charge is 2.26. The third-order valence-electron chi connectivity index (χ3n) is 5.86. The summed E-state index contributed by atoms with van der Waals surface area (Å²) in [5, 5.41) is 1.20. The lowest BCUT2D eigenvalue weighted by Crippen LogP contribution is -2.52. The molecule has 1 atom stereocenters. The molecule has 0 amide bonds. The van der Waals surface area contributed by atoms with Gasteiger partial charge in [-0.1, -0.05) is 24.3 Å². The molecule has 0 aliphatic carbocycles. The molecular weight excluding hydrogens is 346 g/mol. The number of anilines is 2. The molecule has 0 radical (unpaired) electrons. The van der Waals surface area contributed by atoms with Gasteiger partial charge in [0.05, 0.1) is 0 Å². The van der Waals surface area contributed by atoms with Crippen molar-refractivity contribution in [2.75, 3.05) is 29.4 Å². The first-order valence-electron chi connectivity index (χ1n) is 9.92. The molecule has 3 heterocycles. The monoisotopic (exact) mass is 371 g/mol. The van der Waals surface area contributed by atoms with Crippen LogP contribution in [-0.4, -0.2) is 40.6 Å². The average molecular weight is 371 g/mol. The maximum atomic E-state index is 4.67. The van der Waals surface area contributed by atoms with E-state index in [9.17, 15) is 0 Å². The Morgan fingerprint density at radius 2 is 1.89 bits per heavy atom. The van der Waals surface area contributed by atoms with Crippen LogP contribution in [0, 0.1) is 13.8 Å². The van der Waals surface area contributed by atoms with Crippen molar-refractivity contribution < 1.29 is 0 Å². The van der Waals surface area contributed by atoms with Gasteiger partial charge in [-0.3, -0.25) is 0 Å². The van der Waals surface area contributed by atoms with E-state index in [0.29, 0.717) is 6.04 Å². The number of nitrogens with zero attached hydrogens (tertiary/aromatic N) is 4. The van der Waals surface area contributed by atoms with E-state index in [1.807, 2.05) is 0 Å². The summed E-state index contributed by atoms with van der Waals surface area (Å²) in [6.45, 7) is 9.45. The van der Waals surface area contributed by atoms with E-state index in [2.05, 4.69) is 88.0 Å². The number of aromatic amines is 1. The summed E-state index contributed by atoms with van der Waals surface area (Å²) >= 11 is 0. The second-order valence-electron chi connectivity index (χ2n) is 7.87. The van der Waals surface area contributed by atoms with Crippen LogP contribution in [0.2, 0.25) is 0 Å². The van der Waals surface area contributed by atoms with Crippen molar-refractivity contribution >= 4 is 33.4 Å². The summed E-state index contributed by atoms with van der Waals surface area (Å²) in [7, 11) is 0. The quantitative estimate of drug-likeness (QED) is 0.566. The minimum Gasteiger partial charge on any atom is -0.365 e. The summed E-state index contributed by atoms with van der Waals surface area (Å²) < 4.78 is 0. The van der Waals surface area contributed by atoms with Gasteiger partial charge in [0, 0.05) is 42.3 Å². The number of aromatic nitrogens is 3. The van der Waals surface area contributed by atoms with Crippen molar-refractivity contribution in [3.05, 3.63) is 59.9 Å². The SMILES string of the molecule is Cc1cccc(N2CCN(c3ncnc4c3[nH]c3cccc(C)c34)C[C@H]2C)c1. The predicted octanol–water partition coefficient (Wildman–Crippen LogP) is 4.44. The van der Waals surface area contributed by atoms with Crippen molar-refractivity contribution in [1.82, 2.24) is 15.0 Å². The zero-order valence-electron chi connectivity index (χ0n) is 16.6. The van der Waals surface area contributed by atoms with Gasteiger partial charge < -0.3 is 14.8 Å². The van der Waals surface area contributed by atoms with E-state index >= 15 is 0 Å². The second-order valence-corrected chi connectivity index (χ2v) is 7.87. The van der Waals surface area contributed by atoms with Crippen LogP contribution >= 0.6 is 0 Å². The summed E-state index contributed by atoms with van der Waals surface area (Å²) in [6.07, 6.45) is 1.70. The van der Waals surface area contributed by atoms with Crippen molar-refractivity contribution in [1.29, 1.82) is 0 Å². The van der Waals surface area contributed by atoms with Gasteiger partial charge in [-0.25, -0.2) is 9.97 Å². The molecule has 0 bridgehead atoms. The van der Waals surface area contributed by atoms with Crippen LogP contribution in [0.5, 0.6) is 0 Å². The Morgan fingerprint density at radius 3 is 2.71 bits per heavy atom. The molecule has 142 valence electrons. The van der Waals surface area contributed by atoms with Crippen LogP contribution in [0.4, 0.5) is 11.5 Å². The van der Waals surface area contributed by atoms with Crippen LogP contribution < -0.4 is 9.80 Å². The Kier molecular flexibility index (Phi) is 3.97. The first-order valence-corrected chi connectivity index (χ1v) is 9.92. The van der Waals surface area contributed by atoms with E-state index in [1.54, 1.807) is 6.33 Å². The molecule has 4 aromatic rings. The standard InChI is InChI=1S/C23H25N5/c1-15-6-4-8-18(12-15)28-11-10-27(13-17(28)3)23-22-21(24-14-25-23)20-16(2)7-5-9-19(20)26-22/h4-9,12,14,17,26H,10-11,13H2,1-3H3/t17-/m1/s1. The average Bonchev–Trinajstić information content (AvgIpc) is 3.08. The predicted molar refractivity (Wildman–Crippen MR) is 116 cm³/mol. The Labute approximate surface area is 165 Å². The van der Waals surface area contributed by atoms with Gasteiger partial charge in [-0.15, -0.1) is 0 Å². The summed E-state index contributed by atoms with van der Waals surface area (Å²) in [5.74, 6) is 1.01. The molecule has 0 saturated carbocycles. The zero-order chi connectivity index (χ0) is 19.3. The molecule has 1 aliphatic rings. The molecular formula is C23H25N5. The molecule has 5 nitrogen and oxygen atoms in total. The maximum absolute atomic E-state index is 4.67. The fraction of sp³-hybridized carbons (Fsp3) is 0.304. The molecule has 5 rings (SSSR count). The maximum Gasteiger partial charge on any atom is 0.156 e. The summed E-state index contributed by atoms with van der Waals surface area (Å²) in [6, 6.07) is 15.5. The van der Waals surface area contributed by atoms with E-state index in [4.69, 9.17) is 0 Å². The lowest BCUT2D eigenvalue weighted by atomic mass is 10.1. The van der Waals surface area contributed by atoms with Gasteiger partial charge >= 0.3 is 0 Å². The number of aryl methyl sites for hydroxylation is 2. The van der Waals surface area contributed by atoms with Crippen LogP contribution in [0.3, 0.4) is 0 Å². The molecule has 1 fully saturated rings. The highest BCUT2D eigenvalue weighted by molar-refractivity contribution is 6.09. The number of fused-ring (bicyclic) bond motifs is 3. The summed E-state index contributed by atoms with van der Waals surface area (Å²) in [4.78, 5) is 17.7. The van der Waals surface area contributed by atoms with E-state index in [1.165, 1.54) is 22.2 Å². The number of H-pyrrole nitrogens is 1. The summed E-state index contributed by atoms with van der Waals surface area (Å²) in [5.41, 5.74) is 7.04. The lowest BCUT2D eigenvalue weighted by Gasteiger charge is -2.42. The van der Waals surface area contributed by atoms with Crippen molar-refractivity contribution in [3.63, 3.8) is 0 Å². The molecule has 1 N–H and O–H groups in total. The number of rotatable bonds is 2. The number of hydrogen-bond donors (Lipinski definition) is 1. The fourth-order valence-corrected chi connectivity index (χ4v) is 4.48. The van der Waals surface area contributed by atoms with E-state index < -0.39 is 0 Å². The molecule has 2 aromatic heterocycles. The second kappa shape index (κ2) is 6.51. The largest absolute Gasteiger partial charge is 0.365 e. The minimum atomic E-state index is 0.409. The Bertz CT molecular complexity index is 1160. The van der Waals surface area contributed by atoms with E-state index in [-0.39, 0.29) is 0 Å². The topological polar surface area (TPSA) is 48.1 Å². The highest BCUT2D eigenvalue weighted by atomic mass is 15.3. The van der Waals surface area contributed by atoms with Gasteiger partial charge in [-0.2, -0.15) is 0 Å². The first kappa shape index (κ1) is 17.0. The zero-order valence-corrected chi connectivity index (χ0v) is 16.6. The lowest BCUT2D eigenvalue weighted by molar-refractivity contribution is 0.548. The Balaban J connectivity index is 1.50. The Hall–Kier alpha value is -3.08. The van der Waals surface area contributed by atoms with Crippen LogP contribution in [-0.2, 0) is 0 Å². The molecule has 28 heavy (non-hydrogen) atoms. The number of hydrogen-bond acceptors (Lipinski definition) is 4. The van der Waals surface area contributed by atoms with Crippen molar-refractivity contribution in [3.8, 4) is 0 Å². The third kappa shape index (κ3) is 2.70. The van der Waals surface area contributed by atoms with Gasteiger partial charge in [0.2, 0.25) is 0 Å². The van der Waals surface area contributed by atoms with Gasteiger partial charge in [0.1, 0.15) is 17.4 Å². The molecule has 0 unspecified atom stereocenters. The number of nitrogens with one attached hydrogen (secondary N) is 1. The van der Waals surface area contributed by atoms with Crippen LogP contribution in [0.15, 0.2) is 48.8 Å². The molecule has 1 aliphatic heterocycles. The smallest absolute Gasteiger partial charge is 0.156 e. The molecule has 0 spiro atoms. The Morgan fingerprint density at radius 1 is 1.04 bits per heavy atom. The van der Waals surface area contributed by atoms with Crippen molar-refractivity contribution in [2.45, 2.75) is 26.8 Å². The minimum absolute atomic E-state index is 0.409. The van der Waals surface area contributed by atoms with Crippen LogP contribution in [0.1, 0.15) is 18.1 Å². The normalized spacial score (nSPS) is 17.6. The molecule has 2 aromatic carbocycles. The highest BCUT2D eigenvalue weighted by Crippen LogP contribution is 2.32. The fourth-order valence-electron chi connectivity index (χ4n) is 4.48. The third-order valence-corrected chi connectivity index (χ3v) is 5.86. The molecule has 1 saturated heterocycles.